The molecule has 0 spiro atoms. The van der Waals surface area contributed by atoms with E-state index in [1.54, 1.807) is 18.3 Å². The quantitative estimate of drug-likeness (QED) is 0.430. The Morgan fingerprint density at radius 1 is 1.50 bits per heavy atom. The van der Waals surface area contributed by atoms with Crippen LogP contribution < -0.4 is 5.32 Å². The van der Waals surface area contributed by atoms with Gasteiger partial charge in [0.15, 0.2) is 11.8 Å². The molecule has 0 aromatic carbocycles. The predicted octanol–water partition coefficient (Wildman–Crippen LogP) is 2.70. The number of halogens is 1. The third-order valence-electron chi connectivity index (χ3n) is 2.90. The van der Waals surface area contributed by atoms with Crippen molar-refractivity contribution in [1.29, 1.82) is 0 Å². The fourth-order valence-corrected chi connectivity index (χ4v) is 2.55. The number of rotatable bonds is 6. The molecule has 2 rings (SSSR count). The molecule has 8 heteroatoms. The van der Waals surface area contributed by atoms with Gasteiger partial charge in [0.1, 0.15) is 6.54 Å². The van der Waals surface area contributed by atoms with E-state index in [-0.39, 0.29) is 24.0 Å². The molecule has 0 aliphatic carbocycles. The number of aryl methyl sites for hydroxylation is 1. The average molecular weight is 435 g/mol. The Kier molecular flexibility index (Phi) is 8.39. The van der Waals surface area contributed by atoms with E-state index in [1.165, 1.54) is 4.88 Å². The zero-order valence-corrected chi connectivity index (χ0v) is 16.2. The van der Waals surface area contributed by atoms with E-state index in [0.717, 1.165) is 25.5 Å². The van der Waals surface area contributed by atoms with Gasteiger partial charge in [0.05, 0.1) is 0 Å². The van der Waals surface area contributed by atoms with Crippen LogP contribution in [0.1, 0.15) is 23.5 Å². The van der Waals surface area contributed by atoms with Crippen molar-refractivity contribution in [3.63, 3.8) is 0 Å². The number of aromatic nitrogens is 2. The Labute approximate surface area is 152 Å². The lowest BCUT2D eigenvalue weighted by molar-refractivity contribution is 0.375. The molecule has 0 amide bonds. The highest BCUT2D eigenvalue weighted by Crippen LogP contribution is 2.09. The van der Waals surface area contributed by atoms with Gasteiger partial charge in [0.2, 0.25) is 5.89 Å². The lowest BCUT2D eigenvalue weighted by Gasteiger charge is -2.21. The standard InChI is InChI=1S/C14H21N5OS.HI/c1-4-15-14(16-10-13-17-11(2)18-20-13)19(3)8-7-12-6-5-9-21-12;/h5-6,9H,4,7-8,10H2,1-3H3,(H,15,16);1H. The highest BCUT2D eigenvalue weighted by atomic mass is 127. The molecule has 2 aromatic heterocycles. The zero-order chi connectivity index (χ0) is 15.1. The first-order valence-corrected chi connectivity index (χ1v) is 7.88. The maximum Gasteiger partial charge on any atom is 0.248 e. The first kappa shape index (κ1) is 18.9. The first-order chi connectivity index (χ1) is 10.2. The molecule has 0 saturated carbocycles. The minimum Gasteiger partial charge on any atom is -0.357 e. The number of nitrogens with one attached hydrogen (secondary N) is 1. The van der Waals surface area contributed by atoms with E-state index >= 15 is 0 Å². The first-order valence-electron chi connectivity index (χ1n) is 7.00. The molecule has 0 saturated heterocycles. The summed E-state index contributed by atoms with van der Waals surface area (Å²) < 4.78 is 5.08. The number of hydrogen-bond acceptors (Lipinski definition) is 5. The number of guanidine groups is 1. The monoisotopic (exact) mass is 435 g/mol. The van der Waals surface area contributed by atoms with Gasteiger partial charge in [0.25, 0.3) is 0 Å². The van der Waals surface area contributed by atoms with E-state index in [9.17, 15) is 0 Å². The Hall–Kier alpha value is -1.16. The maximum absolute atomic E-state index is 5.08. The van der Waals surface area contributed by atoms with Crippen LogP contribution in [0.25, 0.3) is 0 Å². The van der Waals surface area contributed by atoms with Crippen LogP contribution in [0.3, 0.4) is 0 Å². The number of nitrogens with zero attached hydrogens (tertiary/aromatic N) is 4. The molecule has 122 valence electrons. The van der Waals surface area contributed by atoms with Crippen LogP contribution in [-0.2, 0) is 13.0 Å². The van der Waals surface area contributed by atoms with Gasteiger partial charge in [-0.2, -0.15) is 4.98 Å². The van der Waals surface area contributed by atoms with Crippen molar-refractivity contribution in [2.75, 3.05) is 20.1 Å². The number of aliphatic imine (C=N–C) groups is 1. The van der Waals surface area contributed by atoms with Gasteiger partial charge in [-0.05, 0) is 31.7 Å². The van der Waals surface area contributed by atoms with Gasteiger partial charge in [0, 0.05) is 25.0 Å². The van der Waals surface area contributed by atoms with Crippen LogP contribution in [0.4, 0.5) is 0 Å². The summed E-state index contributed by atoms with van der Waals surface area (Å²) in [5, 5.41) is 9.15. The van der Waals surface area contributed by atoms with Crippen LogP contribution in [0.5, 0.6) is 0 Å². The molecule has 0 bridgehead atoms. The fourth-order valence-electron chi connectivity index (χ4n) is 1.86. The van der Waals surface area contributed by atoms with E-state index in [4.69, 9.17) is 4.52 Å². The number of hydrogen-bond donors (Lipinski definition) is 1. The number of thiophene rings is 1. The fraction of sp³-hybridized carbons (Fsp3) is 0.500. The normalized spacial score (nSPS) is 11.1. The van der Waals surface area contributed by atoms with Gasteiger partial charge in [-0.15, -0.1) is 35.3 Å². The third-order valence-corrected chi connectivity index (χ3v) is 3.84. The molecular formula is C14H22IN5OS. The summed E-state index contributed by atoms with van der Waals surface area (Å²) in [6, 6.07) is 4.24. The van der Waals surface area contributed by atoms with Crippen LogP contribution in [0.15, 0.2) is 27.0 Å². The smallest absolute Gasteiger partial charge is 0.248 e. The van der Waals surface area contributed by atoms with Gasteiger partial charge in [-0.25, -0.2) is 4.99 Å². The molecular weight excluding hydrogens is 413 g/mol. The summed E-state index contributed by atoms with van der Waals surface area (Å²) >= 11 is 1.78. The van der Waals surface area contributed by atoms with Crippen LogP contribution in [0.2, 0.25) is 0 Å². The molecule has 0 unspecified atom stereocenters. The van der Waals surface area contributed by atoms with Gasteiger partial charge < -0.3 is 14.7 Å². The third kappa shape index (κ3) is 5.91. The molecule has 2 heterocycles. The van der Waals surface area contributed by atoms with Gasteiger partial charge >= 0.3 is 0 Å². The summed E-state index contributed by atoms with van der Waals surface area (Å²) in [7, 11) is 2.04. The Bertz CT molecular complexity index is 570. The highest BCUT2D eigenvalue weighted by molar-refractivity contribution is 14.0. The molecule has 0 radical (unpaired) electrons. The zero-order valence-electron chi connectivity index (χ0n) is 13.1. The Morgan fingerprint density at radius 2 is 2.32 bits per heavy atom. The van der Waals surface area contributed by atoms with Crippen molar-refractivity contribution < 1.29 is 4.52 Å². The molecule has 0 aliphatic heterocycles. The second-order valence-electron chi connectivity index (χ2n) is 4.66. The predicted molar refractivity (Wildman–Crippen MR) is 99.9 cm³/mol. The van der Waals surface area contributed by atoms with Gasteiger partial charge in [-0.1, -0.05) is 11.2 Å². The second-order valence-corrected chi connectivity index (χ2v) is 5.69. The summed E-state index contributed by atoms with van der Waals surface area (Å²) in [4.78, 5) is 12.2. The Balaban J connectivity index is 0.00000242. The van der Waals surface area contributed by atoms with E-state index in [1.807, 2.05) is 7.05 Å². The van der Waals surface area contributed by atoms with Crippen LogP contribution >= 0.6 is 35.3 Å². The lowest BCUT2D eigenvalue weighted by Crippen LogP contribution is -2.39. The van der Waals surface area contributed by atoms with Crippen molar-refractivity contribution in [3.05, 3.63) is 34.1 Å². The molecule has 22 heavy (non-hydrogen) atoms. The molecule has 0 aliphatic rings. The van der Waals surface area contributed by atoms with E-state index in [2.05, 4.69) is 49.8 Å². The second kappa shape index (κ2) is 9.78. The minimum absolute atomic E-state index is 0. The van der Waals surface area contributed by atoms with Crippen molar-refractivity contribution in [1.82, 2.24) is 20.4 Å². The average Bonchev–Trinajstić information content (AvgIpc) is 3.12. The van der Waals surface area contributed by atoms with Crippen LogP contribution in [0, 0.1) is 6.92 Å². The summed E-state index contributed by atoms with van der Waals surface area (Å²) in [5.74, 6) is 2.02. The van der Waals surface area contributed by atoms with Crippen molar-refractivity contribution in [3.8, 4) is 0 Å². The lowest BCUT2D eigenvalue weighted by atomic mass is 10.3. The largest absolute Gasteiger partial charge is 0.357 e. The number of likely N-dealkylation sites (N-methyl/N-ethyl adjacent to an activating group) is 1. The van der Waals surface area contributed by atoms with Crippen molar-refractivity contribution in [2.24, 2.45) is 4.99 Å². The van der Waals surface area contributed by atoms with E-state index in [0.29, 0.717) is 18.3 Å². The SMILES string of the molecule is CCNC(=NCc1nc(C)no1)N(C)CCc1cccs1.I. The molecule has 0 fully saturated rings. The summed E-state index contributed by atoms with van der Waals surface area (Å²) in [6.45, 7) is 5.99. The Morgan fingerprint density at radius 3 is 2.91 bits per heavy atom. The van der Waals surface area contributed by atoms with Crippen molar-refractivity contribution in [2.45, 2.75) is 26.8 Å². The van der Waals surface area contributed by atoms with Gasteiger partial charge in [-0.3, -0.25) is 0 Å². The molecule has 1 N–H and O–H groups in total. The molecule has 6 nitrogen and oxygen atoms in total. The molecule has 2 aromatic rings. The summed E-state index contributed by atoms with van der Waals surface area (Å²) in [6.07, 6.45) is 1.01. The maximum atomic E-state index is 5.08. The highest BCUT2D eigenvalue weighted by Gasteiger charge is 2.08. The van der Waals surface area contributed by atoms with Crippen LogP contribution in [-0.4, -0.2) is 41.1 Å². The van der Waals surface area contributed by atoms with Crippen molar-refractivity contribution >= 4 is 41.3 Å². The van der Waals surface area contributed by atoms with E-state index < -0.39 is 0 Å². The topological polar surface area (TPSA) is 66.5 Å². The minimum atomic E-state index is 0. The molecule has 0 atom stereocenters. The summed E-state index contributed by atoms with van der Waals surface area (Å²) in [5.41, 5.74) is 0.